The molecule has 0 bridgehead atoms. The highest BCUT2D eigenvalue weighted by atomic mass is 35.5. The fourth-order valence-electron chi connectivity index (χ4n) is 2.43. The molecule has 5 heteroatoms. The van der Waals surface area contributed by atoms with E-state index in [1.807, 2.05) is 30.4 Å². The van der Waals surface area contributed by atoms with Crippen molar-refractivity contribution in [3.63, 3.8) is 0 Å². The lowest BCUT2D eigenvalue weighted by molar-refractivity contribution is 0.438. The predicted octanol–water partition coefficient (Wildman–Crippen LogP) is 2.36. The highest BCUT2D eigenvalue weighted by molar-refractivity contribution is 7.99. The topological polar surface area (TPSA) is 29.9 Å². The first-order valence-corrected chi connectivity index (χ1v) is 7.67. The van der Waals surface area contributed by atoms with Gasteiger partial charge in [-0.25, -0.2) is 0 Å². The molecule has 1 N–H and O–H groups in total. The Morgan fingerprint density at radius 3 is 2.94 bits per heavy atom. The van der Waals surface area contributed by atoms with Gasteiger partial charge in [-0.2, -0.15) is 16.9 Å². The minimum absolute atomic E-state index is 0.608. The summed E-state index contributed by atoms with van der Waals surface area (Å²) in [5, 5.41) is 8.74. The number of nitrogens with one attached hydrogen (secondary N) is 1. The smallest absolute Gasteiger partial charge is 0.0847 e. The van der Waals surface area contributed by atoms with E-state index in [2.05, 4.69) is 17.3 Å². The fraction of sp³-hybridized carbons (Fsp3) is 0.750. The summed E-state index contributed by atoms with van der Waals surface area (Å²) in [5.41, 5.74) is 2.16. The van der Waals surface area contributed by atoms with Crippen LogP contribution in [0.15, 0.2) is 0 Å². The predicted molar refractivity (Wildman–Crippen MR) is 75.0 cm³/mol. The van der Waals surface area contributed by atoms with Crippen LogP contribution in [0.5, 0.6) is 0 Å². The molecule has 1 fully saturated rings. The maximum absolute atomic E-state index is 6.35. The van der Waals surface area contributed by atoms with Crippen LogP contribution in [0.3, 0.4) is 0 Å². The summed E-state index contributed by atoms with van der Waals surface area (Å²) in [4.78, 5) is 0. The Bertz CT molecular complexity index is 391. The van der Waals surface area contributed by atoms with Crippen LogP contribution in [0.4, 0.5) is 0 Å². The van der Waals surface area contributed by atoms with Crippen molar-refractivity contribution in [1.82, 2.24) is 15.1 Å². The molecule has 2 atom stereocenters. The van der Waals surface area contributed by atoms with Gasteiger partial charge in [0.2, 0.25) is 0 Å². The molecule has 1 saturated heterocycles. The summed E-state index contributed by atoms with van der Waals surface area (Å²) < 4.78 is 2.05. The number of halogens is 1. The molecule has 1 aliphatic rings. The average Bonchev–Trinajstić information content (AvgIpc) is 2.88. The van der Waals surface area contributed by atoms with E-state index in [1.54, 1.807) is 0 Å². The lowest BCUT2D eigenvalue weighted by atomic mass is 9.98. The molecule has 2 rings (SSSR count). The summed E-state index contributed by atoms with van der Waals surface area (Å²) in [6.07, 6.45) is 1.03. The van der Waals surface area contributed by atoms with Crippen molar-refractivity contribution in [3.8, 4) is 0 Å². The first kappa shape index (κ1) is 13.2. The highest BCUT2D eigenvalue weighted by Crippen LogP contribution is 2.30. The van der Waals surface area contributed by atoms with Gasteiger partial charge in [0.15, 0.2) is 0 Å². The fourth-order valence-corrected chi connectivity index (χ4v) is 4.13. The summed E-state index contributed by atoms with van der Waals surface area (Å²) >= 11 is 8.38. The second kappa shape index (κ2) is 5.63. The number of nitrogens with zero attached hydrogens (tertiary/aromatic N) is 2. The van der Waals surface area contributed by atoms with E-state index in [1.165, 1.54) is 17.2 Å². The van der Waals surface area contributed by atoms with Crippen LogP contribution in [-0.4, -0.2) is 34.4 Å². The Balaban J connectivity index is 2.17. The Kier molecular flexibility index (Phi) is 4.39. The van der Waals surface area contributed by atoms with Gasteiger partial charge in [-0.3, -0.25) is 4.68 Å². The first-order chi connectivity index (χ1) is 8.17. The van der Waals surface area contributed by atoms with Crippen LogP contribution in [0.2, 0.25) is 5.02 Å². The minimum Gasteiger partial charge on any atom is -0.316 e. The molecule has 0 spiro atoms. The van der Waals surface area contributed by atoms with Crippen molar-refractivity contribution >= 4 is 23.4 Å². The van der Waals surface area contributed by atoms with Gasteiger partial charge < -0.3 is 5.32 Å². The van der Waals surface area contributed by atoms with Crippen LogP contribution in [0, 0.1) is 12.8 Å². The Morgan fingerprint density at radius 2 is 2.29 bits per heavy atom. The Labute approximate surface area is 112 Å². The molecule has 1 aromatic heterocycles. The number of hydrogen-bond acceptors (Lipinski definition) is 3. The van der Waals surface area contributed by atoms with Gasteiger partial charge in [0.25, 0.3) is 0 Å². The molecule has 1 aromatic rings. The molecule has 2 heterocycles. The van der Waals surface area contributed by atoms with E-state index < -0.39 is 0 Å². The molecular weight excluding hydrogens is 254 g/mol. The van der Waals surface area contributed by atoms with Crippen molar-refractivity contribution in [1.29, 1.82) is 0 Å². The SMILES string of the molecule is CCn1nc(C)c(Cl)c1CC1CSCC1NC. The first-order valence-electron chi connectivity index (χ1n) is 6.14. The maximum atomic E-state index is 6.35. The molecule has 1 aliphatic heterocycles. The molecule has 3 nitrogen and oxygen atoms in total. The van der Waals surface area contributed by atoms with Crippen molar-refractivity contribution < 1.29 is 0 Å². The van der Waals surface area contributed by atoms with Crippen molar-refractivity contribution in [2.24, 2.45) is 5.92 Å². The van der Waals surface area contributed by atoms with Gasteiger partial charge in [0.1, 0.15) is 0 Å². The van der Waals surface area contributed by atoms with E-state index in [0.29, 0.717) is 12.0 Å². The second-order valence-electron chi connectivity index (χ2n) is 4.56. The van der Waals surface area contributed by atoms with Crippen LogP contribution < -0.4 is 5.32 Å². The number of rotatable bonds is 4. The zero-order chi connectivity index (χ0) is 12.4. The van der Waals surface area contributed by atoms with Crippen LogP contribution in [-0.2, 0) is 13.0 Å². The van der Waals surface area contributed by atoms with Crippen molar-refractivity contribution in [2.75, 3.05) is 18.6 Å². The molecule has 0 aromatic carbocycles. The lowest BCUT2D eigenvalue weighted by Gasteiger charge is -2.18. The molecule has 0 saturated carbocycles. The summed E-state index contributed by atoms with van der Waals surface area (Å²) in [6, 6.07) is 0.608. The molecule has 96 valence electrons. The quantitative estimate of drug-likeness (QED) is 0.913. The third-order valence-electron chi connectivity index (χ3n) is 3.48. The molecular formula is C12H20ClN3S. The molecule has 0 aliphatic carbocycles. The molecule has 2 unspecified atom stereocenters. The number of hydrogen-bond donors (Lipinski definition) is 1. The monoisotopic (exact) mass is 273 g/mol. The standard InChI is InChI=1S/C12H20ClN3S/c1-4-16-11(12(13)8(2)15-16)5-9-6-17-7-10(9)14-3/h9-10,14H,4-7H2,1-3H3. The summed E-state index contributed by atoms with van der Waals surface area (Å²) in [5.74, 6) is 3.09. The van der Waals surface area contributed by atoms with Gasteiger partial charge in [0, 0.05) is 18.3 Å². The zero-order valence-corrected chi connectivity index (χ0v) is 12.2. The van der Waals surface area contributed by atoms with Gasteiger partial charge >= 0.3 is 0 Å². The highest BCUT2D eigenvalue weighted by Gasteiger charge is 2.28. The van der Waals surface area contributed by atoms with E-state index in [4.69, 9.17) is 11.6 Å². The molecule has 17 heavy (non-hydrogen) atoms. The maximum Gasteiger partial charge on any atom is 0.0847 e. The van der Waals surface area contributed by atoms with Gasteiger partial charge in [-0.15, -0.1) is 0 Å². The lowest BCUT2D eigenvalue weighted by Crippen LogP contribution is -2.33. The molecule has 0 amide bonds. The number of thioether (sulfide) groups is 1. The van der Waals surface area contributed by atoms with Gasteiger partial charge in [-0.1, -0.05) is 11.6 Å². The Morgan fingerprint density at radius 1 is 1.53 bits per heavy atom. The number of aromatic nitrogens is 2. The third kappa shape index (κ3) is 2.64. The average molecular weight is 274 g/mol. The van der Waals surface area contributed by atoms with Crippen LogP contribution in [0.25, 0.3) is 0 Å². The van der Waals surface area contributed by atoms with Gasteiger partial charge in [-0.05, 0) is 39.0 Å². The number of aryl methyl sites for hydroxylation is 2. The summed E-state index contributed by atoms with van der Waals surface area (Å²) in [7, 11) is 2.05. The van der Waals surface area contributed by atoms with Crippen molar-refractivity contribution in [2.45, 2.75) is 32.9 Å². The minimum atomic E-state index is 0.608. The largest absolute Gasteiger partial charge is 0.316 e. The van der Waals surface area contributed by atoms with Gasteiger partial charge in [0.05, 0.1) is 16.4 Å². The zero-order valence-electron chi connectivity index (χ0n) is 10.7. The third-order valence-corrected chi connectivity index (χ3v) is 5.23. The van der Waals surface area contributed by atoms with Crippen LogP contribution >= 0.6 is 23.4 Å². The van der Waals surface area contributed by atoms with Crippen LogP contribution in [0.1, 0.15) is 18.3 Å². The molecule has 0 radical (unpaired) electrons. The Hall–Kier alpha value is -0.190. The van der Waals surface area contributed by atoms with E-state index in [0.717, 1.165) is 23.7 Å². The normalized spacial score (nSPS) is 24.5. The summed E-state index contributed by atoms with van der Waals surface area (Å²) in [6.45, 7) is 5.00. The second-order valence-corrected chi connectivity index (χ2v) is 6.01. The van der Waals surface area contributed by atoms with E-state index in [-0.39, 0.29) is 0 Å². The van der Waals surface area contributed by atoms with E-state index in [9.17, 15) is 0 Å². The van der Waals surface area contributed by atoms with Crippen molar-refractivity contribution in [3.05, 3.63) is 16.4 Å². The van der Waals surface area contributed by atoms with E-state index >= 15 is 0 Å².